The molecule has 1 heterocycles. The van der Waals surface area contributed by atoms with Gasteiger partial charge >= 0.3 is 12.2 Å². The Kier molecular flexibility index (Phi) is 5.87. The van der Waals surface area contributed by atoms with E-state index >= 15 is 4.39 Å². The number of ether oxygens (including phenoxy) is 3. The molecule has 0 saturated heterocycles. The lowest BCUT2D eigenvalue weighted by atomic mass is 10.0. The number of anilines is 1. The summed E-state index contributed by atoms with van der Waals surface area (Å²) >= 11 is 0. The van der Waals surface area contributed by atoms with Crippen molar-refractivity contribution in [3.63, 3.8) is 0 Å². The van der Waals surface area contributed by atoms with Crippen LogP contribution in [0.25, 0.3) is 0 Å². The first-order valence-corrected chi connectivity index (χ1v) is 9.53. The highest BCUT2D eigenvalue weighted by Gasteiger charge is 2.32. The zero-order chi connectivity index (χ0) is 22.1. The van der Waals surface area contributed by atoms with Crippen molar-refractivity contribution in [2.75, 3.05) is 12.4 Å². The van der Waals surface area contributed by atoms with Crippen molar-refractivity contribution < 1.29 is 28.2 Å². The van der Waals surface area contributed by atoms with Crippen molar-refractivity contribution in [1.29, 1.82) is 0 Å². The molecule has 2 aromatic rings. The highest BCUT2D eigenvalue weighted by Crippen LogP contribution is 2.38. The van der Waals surface area contributed by atoms with Gasteiger partial charge in [-0.3, -0.25) is 10.2 Å². The van der Waals surface area contributed by atoms with Crippen LogP contribution in [0.1, 0.15) is 44.9 Å². The molecule has 1 N–H and O–H groups in total. The molecule has 7 nitrogen and oxygen atoms in total. The van der Waals surface area contributed by atoms with Gasteiger partial charge in [0.2, 0.25) is 0 Å². The molecule has 1 aliphatic rings. The molecular formula is C22H25FN2O5. The largest absolute Gasteiger partial charge is 0.497 e. The molecule has 1 aliphatic heterocycles. The van der Waals surface area contributed by atoms with Crippen molar-refractivity contribution in [1.82, 2.24) is 4.90 Å². The number of methoxy groups -OCH3 is 1. The highest BCUT2D eigenvalue weighted by molar-refractivity contribution is 5.85. The van der Waals surface area contributed by atoms with Crippen LogP contribution >= 0.6 is 0 Å². The van der Waals surface area contributed by atoms with E-state index in [2.05, 4.69) is 5.32 Å². The highest BCUT2D eigenvalue weighted by atomic mass is 19.1. The maximum Gasteiger partial charge on any atom is 0.416 e. The smallest absolute Gasteiger partial charge is 0.416 e. The average molecular weight is 416 g/mol. The first kappa shape index (κ1) is 21.4. The second-order valence-electron chi connectivity index (χ2n) is 7.98. The fraction of sp³-hybridized carbons (Fsp3) is 0.364. The van der Waals surface area contributed by atoms with E-state index in [0.717, 1.165) is 5.56 Å². The minimum Gasteiger partial charge on any atom is -0.497 e. The standard InChI is InChI=1S/C22H25FN2O5/c1-13-16-10-9-15(28-5)11-18(16)29-21(27)25(13)12-14-7-6-8-17(19(14)23)24-20(26)30-22(2,3)4/h6-11,13H,12H2,1-5H3,(H,24,26). The minimum absolute atomic E-state index is 0.0232. The Morgan fingerprint density at radius 2 is 2.00 bits per heavy atom. The summed E-state index contributed by atoms with van der Waals surface area (Å²) in [6.07, 6.45) is -1.35. The summed E-state index contributed by atoms with van der Waals surface area (Å²) in [6.45, 7) is 6.97. The molecule has 0 spiro atoms. The van der Waals surface area contributed by atoms with Crippen molar-refractivity contribution in [2.24, 2.45) is 0 Å². The Labute approximate surface area is 174 Å². The van der Waals surface area contributed by atoms with Crippen LogP contribution in [0, 0.1) is 5.82 Å². The van der Waals surface area contributed by atoms with Gasteiger partial charge in [-0.2, -0.15) is 0 Å². The SMILES string of the molecule is COc1ccc2c(c1)OC(=O)N(Cc1cccc(NC(=O)OC(C)(C)C)c1F)C2C. The van der Waals surface area contributed by atoms with Crippen LogP contribution in [0.5, 0.6) is 11.5 Å². The van der Waals surface area contributed by atoms with Crippen LogP contribution in [-0.4, -0.2) is 29.8 Å². The fourth-order valence-corrected chi connectivity index (χ4v) is 3.15. The number of amides is 2. The van der Waals surface area contributed by atoms with Gasteiger partial charge in [-0.1, -0.05) is 12.1 Å². The number of carbonyl (C=O) groups excluding carboxylic acids is 2. The predicted octanol–water partition coefficient (Wildman–Crippen LogP) is 5.26. The van der Waals surface area contributed by atoms with Gasteiger partial charge in [0.05, 0.1) is 25.4 Å². The third-order valence-corrected chi connectivity index (χ3v) is 4.63. The normalized spacial score (nSPS) is 15.9. The molecule has 160 valence electrons. The van der Waals surface area contributed by atoms with E-state index in [-0.39, 0.29) is 23.8 Å². The first-order chi connectivity index (χ1) is 14.1. The number of halogens is 1. The third kappa shape index (κ3) is 4.64. The molecule has 0 aliphatic carbocycles. The number of nitrogens with one attached hydrogen (secondary N) is 1. The Balaban J connectivity index is 1.80. The van der Waals surface area contributed by atoms with E-state index in [4.69, 9.17) is 14.2 Å². The summed E-state index contributed by atoms with van der Waals surface area (Å²) in [5, 5.41) is 2.41. The Morgan fingerprint density at radius 1 is 1.27 bits per heavy atom. The number of benzene rings is 2. The molecule has 1 unspecified atom stereocenters. The quantitative estimate of drug-likeness (QED) is 0.736. The first-order valence-electron chi connectivity index (χ1n) is 9.53. The second-order valence-corrected chi connectivity index (χ2v) is 7.98. The molecule has 0 aromatic heterocycles. The van der Waals surface area contributed by atoms with Crippen molar-refractivity contribution >= 4 is 17.9 Å². The van der Waals surface area contributed by atoms with E-state index < -0.39 is 23.6 Å². The number of rotatable bonds is 4. The van der Waals surface area contributed by atoms with Gasteiger partial charge < -0.3 is 14.2 Å². The van der Waals surface area contributed by atoms with Gasteiger partial charge in [0.15, 0.2) is 5.82 Å². The second kappa shape index (κ2) is 8.22. The van der Waals surface area contributed by atoms with Crippen LogP contribution in [0.15, 0.2) is 36.4 Å². The van der Waals surface area contributed by atoms with Gasteiger partial charge in [0.25, 0.3) is 0 Å². The summed E-state index contributed by atoms with van der Waals surface area (Å²) in [4.78, 5) is 26.0. The maximum absolute atomic E-state index is 15.0. The lowest BCUT2D eigenvalue weighted by molar-refractivity contribution is 0.0635. The average Bonchev–Trinajstić information content (AvgIpc) is 2.65. The van der Waals surface area contributed by atoms with E-state index in [0.29, 0.717) is 11.5 Å². The summed E-state index contributed by atoms with van der Waals surface area (Å²) in [7, 11) is 1.53. The predicted molar refractivity (Wildman–Crippen MR) is 109 cm³/mol. The van der Waals surface area contributed by atoms with E-state index in [1.54, 1.807) is 45.0 Å². The van der Waals surface area contributed by atoms with Gasteiger partial charge in [-0.15, -0.1) is 0 Å². The number of nitrogens with zero attached hydrogens (tertiary/aromatic N) is 1. The van der Waals surface area contributed by atoms with E-state index in [1.165, 1.54) is 18.1 Å². The molecule has 0 fully saturated rings. The van der Waals surface area contributed by atoms with Crippen molar-refractivity contribution in [3.8, 4) is 11.5 Å². The van der Waals surface area contributed by atoms with Crippen molar-refractivity contribution in [3.05, 3.63) is 53.3 Å². The zero-order valence-electron chi connectivity index (χ0n) is 17.6. The molecule has 0 saturated carbocycles. The lowest BCUT2D eigenvalue weighted by Gasteiger charge is -2.34. The molecule has 3 rings (SSSR count). The van der Waals surface area contributed by atoms with Crippen LogP contribution in [-0.2, 0) is 11.3 Å². The molecule has 2 amide bonds. The Morgan fingerprint density at radius 3 is 2.67 bits per heavy atom. The molecule has 0 radical (unpaired) electrons. The van der Waals surface area contributed by atoms with Crippen LogP contribution in [0.2, 0.25) is 0 Å². The minimum atomic E-state index is -0.757. The van der Waals surface area contributed by atoms with Gasteiger partial charge in [0.1, 0.15) is 17.1 Å². The van der Waals surface area contributed by atoms with Crippen LogP contribution in [0.4, 0.5) is 19.7 Å². The molecule has 1 atom stereocenters. The molecule has 30 heavy (non-hydrogen) atoms. The van der Waals surface area contributed by atoms with Crippen molar-refractivity contribution in [2.45, 2.75) is 45.9 Å². The number of hydrogen-bond donors (Lipinski definition) is 1. The topological polar surface area (TPSA) is 77.1 Å². The zero-order valence-corrected chi connectivity index (χ0v) is 17.6. The lowest BCUT2D eigenvalue weighted by Crippen LogP contribution is -2.39. The van der Waals surface area contributed by atoms with Crippen LogP contribution in [0.3, 0.4) is 0 Å². The molecule has 0 bridgehead atoms. The fourth-order valence-electron chi connectivity index (χ4n) is 3.15. The summed E-state index contributed by atoms with van der Waals surface area (Å²) in [5.74, 6) is 0.363. The molecular weight excluding hydrogens is 391 g/mol. The number of hydrogen-bond acceptors (Lipinski definition) is 5. The summed E-state index contributed by atoms with van der Waals surface area (Å²) in [5.41, 5.74) is 0.300. The summed E-state index contributed by atoms with van der Waals surface area (Å²) in [6, 6.07) is 9.49. The number of carbonyl (C=O) groups is 2. The van der Waals surface area contributed by atoms with Gasteiger partial charge in [0, 0.05) is 17.2 Å². The van der Waals surface area contributed by atoms with Gasteiger partial charge in [-0.25, -0.2) is 14.0 Å². The third-order valence-electron chi connectivity index (χ3n) is 4.63. The maximum atomic E-state index is 15.0. The summed E-state index contributed by atoms with van der Waals surface area (Å²) < 4.78 is 30.7. The van der Waals surface area contributed by atoms with E-state index in [1.807, 2.05) is 13.0 Å². The number of fused-ring (bicyclic) bond motifs is 1. The Hall–Kier alpha value is -3.29. The molecule has 2 aromatic carbocycles. The molecule has 8 heteroatoms. The monoisotopic (exact) mass is 416 g/mol. The van der Waals surface area contributed by atoms with E-state index in [9.17, 15) is 9.59 Å². The van der Waals surface area contributed by atoms with Gasteiger partial charge in [-0.05, 0) is 45.9 Å². The van der Waals surface area contributed by atoms with Crippen LogP contribution < -0.4 is 14.8 Å². The Bertz CT molecular complexity index is 970.